The first-order chi connectivity index (χ1) is 14.9. The molecule has 2 aliphatic rings. The van der Waals surface area contributed by atoms with Crippen molar-refractivity contribution in [1.82, 2.24) is 0 Å². The molecule has 2 aromatic carbocycles. The molecule has 0 bridgehead atoms. The number of hydrogen-bond donors (Lipinski definition) is 1. The lowest BCUT2D eigenvalue weighted by Gasteiger charge is -2.37. The van der Waals surface area contributed by atoms with Gasteiger partial charge in [0, 0.05) is 30.3 Å². The number of sulfone groups is 1. The van der Waals surface area contributed by atoms with Gasteiger partial charge < -0.3 is 10.0 Å². The molecule has 0 aromatic heterocycles. The highest BCUT2D eigenvalue weighted by Gasteiger charge is 2.51. The van der Waals surface area contributed by atoms with Gasteiger partial charge in [0.05, 0.1) is 10.6 Å². The van der Waals surface area contributed by atoms with Gasteiger partial charge in [0.1, 0.15) is 23.9 Å². The lowest BCUT2D eigenvalue weighted by Crippen LogP contribution is -2.30. The van der Waals surface area contributed by atoms with Crippen molar-refractivity contribution in [3.05, 3.63) is 52.6 Å². The van der Waals surface area contributed by atoms with Crippen LogP contribution in [0, 0.1) is 11.6 Å². The standard InChI is InChI=1S/C21H19F6NO3S/c1-2-10-5-6-28(19-12(10)7-11(22)8-14(19)23)16-3-4-17(32(30,31)21(25,26)27)18-13(16)9-15(24)20(18)29/h3-4,7-8,10,15,20,29H,2,5-6,9H2,1H3. The third kappa shape index (κ3) is 3.37. The van der Waals surface area contributed by atoms with Crippen LogP contribution in [0.25, 0.3) is 0 Å². The van der Waals surface area contributed by atoms with Crippen LogP contribution in [0.1, 0.15) is 48.5 Å². The second kappa shape index (κ2) is 7.65. The van der Waals surface area contributed by atoms with E-state index in [0.29, 0.717) is 30.5 Å². The third-order valence-corrected chi connectivity index (χ3v) is 7.72. The van der Waals surface area contributed by atoms with E-state index < -0.39 is 56.1 Å². The van der Waals surface area contributed by atoms with E-state index in [1.54, 1.807) is 0 Å². The number of hydrogen-bond acceptors (Lipinski definition) is 4. The summed E-state index contributed by atoms with van der Waals surface area (Å²) < 4.78 is 107. The van der Waals surface area contributed by atoms with Gasteiger partial charge in [-0.15, -0.1) is 0 Å². The molecule has 2 aromatic rings. The Bertz CT molecular complexity index is 1180. The normalized spacial score (nSPS) is 23.2. The fourth-order valence-corrected chi connectivity index (χ4v) is 5.70. The third-order valence-electron chi connectivity index (χ3n) is 6.18. The van der Waals surface area contributed by atoms with E-state index in [-0.39, 0.29) is 29.4 Å². The van der Waals surface area contributed by atoms with E-state index in [9.17, 15) is 39.9 Å². The summed E-state index contributed by atoms with van der Waals surface area (Å²) in [5, 5.41) is 10.2. The van der Waals surface area contributed by atoms with Crippen LogP contribution < -0.4 is 4.90 Å². The van der Waals surface area contributed by atoms with E-state index >= 15 is 0 Å². The number of anilines is 2. The molecule has 0 amide bonds. The average Bonchev–Trinajstić information content (AvgIpc) is 3.00. The number of aliphatic hydroxyl groups excluding tert-OH is 1. The van der Waals surface area contributed by atoms with E-state index in [1.807, 2.05) is 6.92 Å². The van der Waals surface area contributed by atoms with Crippen LogP contribution >= 0.6 is 0 Å². The molecule has 11 heteroatoms. The van der Waals surface area contributed by atoms with Crippen molar-refractivity contribution < 1.29 is 39.9 Å². The zero-order valence-corrected chi connectivity index (χ0v) is 17.6. The van der Waals surface area contributed by atoms with Crippen LogP contribution in [0.4, 0.5) is 37.7 Å². The number of aliphatic hydroxyl groups is 1. The molecule has 0 saturated carbocycles. The van der Waals surface area contributed by atoms with Crippen LogP contribution in [-0.4, -0.2) is 31.7 Å². The summed E-state index contributed by atoms with van der Waals surface area (Å²) in [7, 11) is -5.86. The number of halogens is 6. The van der Waals surface area contributed by atoms with Crippen LogP contribution in [-0.2, 0) is 16.3 Å². The van der Waals surface area contributed by atoms with Gasteiger partial charge in [0.2, 0.25) is 0 Å². The van der Waals surface area contributed by atoms with Crippen LogP contribution in [0.5, 0.6) is 0 Å². The molecule has 174 valence electrons. The van der Waals surface area contributed by atoms with E-state index in [1.165, 1.54) is 11.0 Å². The minimum absolute atomic E-state index is 0.00919. The first-order valence-electron chi connectivity index (χ1n) is 9.94. The van der Waals surface area contributed by atoms with Crippen LogP contribution in [0.15, 0.2) is 29.2 Å². The Morgan fingerprint density at radius 3 is 2.50 bits per heavy atom. The Kier molecular flexibility index (Phi) is 5.48. The minimum Gasteiger partial charge on any atom is -0.385 e. The SMILES string of the molecule is CCC1CCN(c2ccc(S(=O)(=O)C(F)(F)F)c3c2CC(F)C3O)c2c(F)cc(F)cc21. The second-order valence-corrected chi connectivity index (χ2v) is 9.87. The number of nitrogens with zero attached hydrogens (tertiary/aromatic N) is 1. The Morgan fingerprint density at radius 2 is 1.88 bits per heavy atom. The van der Waals surface area contributed by atoms with Gasteiger partial charge in [0.25, 0.3) is 9.84 Å². The maximum absolute atomic E-state index is 14.9. The zero-order valence-electron chi connectivity index (χ0n) is 16.8. The summed E-state index contributed by atoms with van der Waals surface area (Å²) in [5.41, 5.74) is -6.00. The average molecular weight is 479 g/mol. The molecule has 0 spiro atoms. The molecule has 32 heavy (non-hydrogen) atoms. The molecule has 1 aliphatic heterocycles. The summed E-state index contributed by atoms with van der Waals surface area (Å²) >= 11 is 0. The quantitative estimate of drug-likeness (QED) is 0.614. The van der Waals surface area contributed by atoms with Crippen molar-refractivity contribution in [3.63, 3.8) is 0 Å². The van der Waals surface area contributed by atoms with E-state index in [4.69, 9.17) is 0 Å². The Labute approximate surface area is 180 Å². The summed E-state index contributed by atoms with van der Waals surface area (Å²) in [6.07, 6.45) is -3.60. The minimum atomic E-state index is -5.86. The summed E-state index contributed by atoms with van der Waals surface area (Å²) in [6.45, 7) is 2.05. The summed E-state index contributed by atoms with van der Waals surface area (Å²) in [6, 6.07) is 3.58. The van der Waals surface area contributed by atoms with Gasteiger partial charge in [0.15, 0.2) is 0 Å². The predicted molar refractivity (Wildman–Crippen MR) is 104 cm³/mol. The Hall–Kier alpha value is -2.27. The van der Waals surface area contributed by atoms with Gasteiger partial charge >= 0.3 is 5.51 Å². The highest BCUT2D eigenvalue weighted by Crippen LogP contribution is 2.49. The fourth-order valence-electron chi connectivity index (χ4n) is 4.67. The molecular formula is C21H19F6NO3S. The first kappa shape index (κ1) is 22.9. The predicted octanol–water partition coefficient (Wildman–Crippen LogP) is 5.22. The molecule has 0 fully saturated rings. The van der Waals surface area contributed by atoms with Crippen molar-refractivity contribution in [1.29, 1.82) is 0 Å². The maximum atomic E-state index is 14.9. The van der Waals surface area contributed by atoms with E-state index in [2.05, 4.69) is 0 Å². The second-order valence-electron chi connectivity index (χ2n) is 7.96. The Morgan fingerprint density at radius 1 is 1.19 bits per heavy atom. The molecule has 1 N–H and O–H groups in total. The number of benzene rings is 2. The van der Waals surface area contributed by atoms with E-state index in [0.717, 1.165) is 6.07 Å². The van der Waals surface area contributed by atoms with Crippen molar-refractivity contribution in [2.45, 2.75) is 54.8 Å². The topological polar surface area (TPSA) is 57.6 Å². The highest BCUT2D eigenvalue weighted by atomic mass is 32.2. The molecule has 0 saturated heterocycles. The lowest BCUT2D eigenvalue weighted by atomic mass is 9.87. The molecule has 0 radical (unpaired) electrons. The van der Waals surface area contributed by atoms with Gasteiger partial charge in [-0.1, -0.05) is 6.92 Å². The monoisotopic (exact) mass is 479 g/mol. The number of rotatable bonds is 3. The highest BCUT2D eigenvalue weighted by molar-refractivity contribution is 7.92. The molecular weight excluding hydrogens is 460 g/mol. The molecule has 3 atom stereocenters. The van der Waals surface area contributed by atoms with Crippen molar-refractivity contribution in [3.8, 4) is 0 Å². The molecule has 3 unspecified atom stereocenters. The van der Waals surface area contributed by atoms with Gasteiger partial charge in [-0.2, -0.15) is 13.2 Å². The van der Waals surface area contributed by atoms with Crippen LogP contribution in [0.2, 0.25) is 0 Å². The first-order valence-corrected chi connectivity index (χ1v) is 11.4. The summed E-state index contributed by atoms with van der Waals surface area (Å²) in [5.74, 6) is -1.84. The molecule has 4 nitrogen and oxygen atoms in total. The fraction of sp³-hybridized carbons (Fsp3) is 0.429. The van der Waals surface area contributed by atoms with Crippen molar-refractivity contribution in [2.75, 3.05) is 11.4 Å². The Balaban J connectivity index is 1.95. The summed E-state index contributed by atoms with van der Waals surface area (Å²) in [4.78, 5) is 0.170. The molecule has 1 aliphatic carbocycles. The van der Waals surface area contributed by atoms with Gasteiger partial charge in [-0.25, -0.2) is 21.6 Å². The largest absolute Gasteiger partial charge is 0.501 e. The van der Waals surface area contributed by atoms with Gasteiger partial charge in [-0.3, -0.25) is 0 Å². The van der Waals surface area contributed by atoms with Gasteiger partial charge in [-0.05, 0) is 48.1 Å². The van der Waals surface area contributed by atoms with Crippen LogP contribution in [0.3, 0.4) is 0 Å². The zero-order chi connectivity index (χ0) is 23.6. The van der Waals surface area contributed by atoms with Crippen molar-refractivity contribution in [2.24, 2.45) is 0 Å². The number of alkyl halides is 4. The molecule has 1 heterocycles. The smallest absolute Gasteiger partial charge is 0.385 e. The maximum Gasteiger partial charge on any atom is 0.501 e. The number of fused-ring (bicyclic) bond motifs is 2. The van der Waals surface area contributed by atoms with Crippen molar-refractivity contribution >= 4 is 21.2 Å². The lowest BCUT2D eigenvalue weighted by molar-refractivity contribution is -0.0437. The molecule has 4 rings (SSSR count).